The van der Waals surface area contributed by atoms with Gasteiger partial charge < -0.3 is 10.6 Å². The summed E-state index contributed by atoms with van der Waals surface area (Å²) < 4.78 is 27.2. The molecule has 26 heavy (non-hydrogen) atoms. The molecule has 2 amide bonds. The monoisotopic (exact) mass is 381 g/mol. The molecular weight excluding hydrogens is 354 g/mol. The molecule has 0 aromatic heterocycles. The van der Waals surface area contributed by atoms with Gasteiger partial charge in [-0.15, -0.1) is 0 Å². The summed E-state index contributed by atoms with van der Waals surface area (Å²) >= 11 is 0. The third-order valence-electron chi connectivity index (χ3n) is 3.90. The van der Waals surface area contributed by atoms with E-state index >= 15 is 0 Å². The first kappa shape index (κ1) is 20.4. The Morgan fingerprint density at radius 3 is 2.46 bits per heavy atom. The van der Waals surface area contributed by atoms with Crippen molar-refractivity contribution in [2.45, 2.75) is 57.0 Å². The van der Waals surface area contributed by atoms with Gasteiger partial charge in [-0.1, -0.05) is 6.07 Å². The summed E-state index contributed by atoms with van der Waals surface area (Å²) in [6, 6.07) is 5.06. The van der Waals surface area contributed by atoms with Gasteiger partial charge in [0.15, 0.2) is 0 Å². The molecule has 0 aliphatic heterocycles. The zero-order valence-electron chi connectivity index (χ0n) is 15.6. The van der Waals surface area contributed by atoms with Gasteiger partial charge in [-0.25, -0.2) is 13.1 Å². The third kappa shape index (κ3) is 6.10. The van der Waals surface area contributed by atoms with E-state index in [4.69, 9.17) is 0 Å². The van der Waals surface area contributed by atoms with Gasteiger partial charge in [0.2, 0.25) is 15.9 Å². The van der Waals surface area contributed by atoms with Gasteiger partial charge in [0.1, 0.15) is 6.04 Å². The van der Waals surface area contributed by atoms with Crippen LogP contribution in [-0.2, 0) is 14.8 Å². The molecular formula is C18H27N3O4S. The van der Waals surface area contributed by atoms with Crippen LogP contribution in [0.25, 0.3) is 0 Å². The lowest BCUT2D eigenvalue weighted by atomic mass is 10.1. The fraction of sp³-hybridized carbons (Fsp3) is 0.556. The summed E-state index contributed by atoms with van der Waals surface area (Å²) in [5, 5.41) is 5.38. The number of rotatable bonds is 7. The summed E-state index contributed by atoms with van der Waals surface area (Å²) in [5.74, 6) is -0.389. The summed E-state index contributed by atoms with van der Waals surface area (Å²) in [6.45, 7) is 7.55. The van der Waals surface area contributed by atoms with Crippen LogP contribution in [0.1, 0.15) is 50.9 Å². The largest absolute Gasteiger partial charge is 0.350 e. The zero-order valence-corrected chi connectivity index (χ0v) is 16.4. The molecule has 1 aromatic rings. The second-order valence-corrected chi connectivity index (χ2v) is 9.52. The maximum atomic E-state index is 12.4. The first-order valence-electron chi connectivity index (χ1n) is 8.70. The maximum Gasteiger partial charge on any atom is 0.251 e. The first-order chi connectivity index (χ1) is 12.0. The number of nitrogens with one attached hydrogen (secondary N) is 3. The lowest BCUT2D eigenvalue weighted by molar-refractivity contribution is -0.124. The Morgan fingerprint density at radius 1 is 1.23 bits per heavy atom. The van der Waals surface area contributed by atoms with Crippen LogP contribution >= 0.6 is 0 Å². The summed E-state index contributed by atoms with van der Waals surface area (Å²) in [4.78, 5) is 24.5. The predicted molar refractivity (Wildman–Crippen MR) is 99.2 cm³/mol. The Balaban J connectivity index is 2.04. The van der Waals surface area contributed by atoms with Gasteiger partial charge in [-0.3, -0.25) is 9.59 Å². The Bertz CT molecular complexity index is 780. The van der Waals surface area contributed by atoms with Gasteiger partial charge in [0, 0.05) is 17.6 Å². The van der Waals surface area contributed by atoms with E-state index in [2.05, 4.69) is 15.4 Å². The van der Waals surface area contributed by atoms with Gasteiger partial charge in [0.25, 0.3) is 5.91 Å². The van der Waals surface area contributed by atoms with E-state index in [0.717, 1.165) is 12.8 Å². The molecule has 1 atom stereocenters. The quantitative estimate of drug-likeness (QED) is 0.664. The number of hydrogen-bond donors (Lipinski definition) is 3. The predicted octanol–water partition coefficient (Wildman–Crippen LogP) is 1.41. The molecule has 0 bridgehead atoms. The zero-order chi connectivity index (χ0) is 19.5. The highest BCUT2D eigenvalue weighted by Crippen LogP contribution is 2.28. The average molecular weight is 381 g/mol. The highest BCUT2D eigenvalue weighted by atomic mass is 32.2. The fourth-order valence-electron chi connectivity index (χ4n) is 2.26. The van der Waals surface area contributed by atoms with Gasteiger partial charge in [-0.05, 0) is 64.7 Å². The highest BCUT2D eigenvalue weighted by molar-refractivity contribution is 7.89. The minimum atomic E-state index is -3.65. The normalized spacial score (nSPS) is 16.0. The lowest BCUT2D eigenvalue weighted by Gasteiger charge is -2.23. The van der Waals surface area contributed by atoms with Crippen molar-refractivity contribution in [3.63, 3.8) is 0 Å². The average Bonchev–Trinajstić information content (AvgIpc) is 3.36. The molecule has 3 N–H and O–H groups in total. The highest BCUT2D eigenvalue weighted by Gasteiger charge is 2.25. The third-order valence-corrected chi connectivity index (χ3v) is 5.33. The van der Waals surface area contributed by atoms with Crippen LogP contribution < -0.4 is 15.4 Å². The topological polar surface area (TPSA) is 104 Å². The molecule has 1 saturated carbocycles. The second-order valence-electron chi connectivity index (χ2n) is 7.76. The van der Waals surface area contributed by atoms with Crippen molar-refractivity contribution >= 4 is 21.8 Å². The van der Waals surface area contributed by atoms with Crippen molar-refractivity contribution in [2.75, 3.05) is 6.54 Å². The number of carbonyl (C=O) groups excluding carboxylic acids is 2. The molecule has 8 heteroatoms. The van der Waals surface area contributed by atoms with Crippen LogP contribution in [0.15, 0.2) is 29.2 Å². The Hall–Kier alpha value is -1.93. The summed E-state index contributed by atoms with van der Waals surface area (Å²) in [6.07, 6.45) is 2.08. The van der Waals surface area contributed by atoms with Crippen molar-refractivity contribution in [1.82, 2.24) is 15.4 Å². The van der Waals surface area contributed by atoms with Crippen molar-refractivity contribution in [1.29, 1.82) is 0 Å². The number of sulfonamides is 1. The molecule has 7 nitrogen and oxygen atoms in total. The van der Waals surface area contributed by atoms with E-state index in [9.17, 15) is 18.0 Å². The minimum Gasteiger partial charge on any atom is -0.350 e. The Labute approximate surface area is 155 Å². The standard InChI is InChI=1S/C18H27N3O4S/c1-12(16(22)21-18(2,3)4)20-17(23)14-6-5-7-15(10-14)26(24,25)19-11-13-8-9-13/h5-7,10,12-13,19H,8-9,11H2,1-4H3,(H,20,23)(H,21,22)/t12-/m0/s1. The summed E-state index contributed by atoms with van der Waals surface area (Å²) in [5.41, 5.74) is -0.216. The van der Waals surface area contributed by atoms with Crippen LogP contribution in [-0.4, -0.2) is 38.4 Å². The molecule has 1 aromatic carbocycles. The van der Waals surface area contributed by atoms with Crippen molar-refractivity contribution in [3.05, 3.63) is 29.8 Å². The molecule has 0 spiro atoms. The molecule has 144 valence electrons. The lowest BCUT2D eigenvalue weighted by Crippen LogP contribution is -2.50. The molecule has 0 radical (unpaired) electrons. The van der Waals surface area contributed by atoms with Crippen LogP contribution in [0, 0.1) is 5.92 Å². The SMILES string of the molecule is C[C@H](NC(=O)c1cccc(S(=O)(=O)NCC2CC2)c1)C(=O)NC(C)(C)C. The van der Waals surface area contributed by atoms with E-state index in [0.29, 0.717) is 12.5 Å². The maximum absolute atomic E-state index is 12.4. The number of benzene rings is 1. The number of amides is 2. The fourth-order valence-corrected chi connectivity index (χ4v) is 3.42. The van der Waals surface area contributed by atoms with Crippen molar-refractivity contribution < 1.29 is 18.0 Å². The van der Waals surface area contributed by atoms with E-state index in [1.54, 1.807) is 6.92 Å². The smallest absolute Gasteiger partial charge is 0.251 e. The minimum absolute atomic E-state index is 0.0394. The van der Waals surface area contributed by atoms with Crippen molar-refractivity contribution in [3.8, 4) is 0 Å². The van der Waals surface area contributed by atoms with Gasteiger partial charge in [0.05, 0.1) is 4.90 Å². The van der Waals surface area contributed by atoms with Gasteiger partial charge in [-0.2, -0.15) is 0 Å². The number of hydrogen-bond acceptors (Lipinski definition) is 4. The van der Waals surface area contributed by atoms with E-state index in [1.165, 1.54) is 24.3 Å². The molecule has 0 heterocycles. The van der Waals surface area contributed by atoms with Crippen LogP contribution in [0.4, 0.5) is 0 Å². The van der Waals surface area contributed by atoms with Crippen molar-refractivity contribution in [2.24, 2.45) is 5.92 Å². The molecule has 0 saturated heterocycles. The molecule has 0 unspecified atom stereocenters. The van der Waals surface area contributed by atoms with E-state index in [-0.39, 0.29) is 16.4 Å². The molecule has 1 aliphatic carbocycles. The second kappa shape index (κ2) is 7.75. The van der Waals surface area contributed by atoms with Gasteiger partial charge >= 0.3 is 0 Å². The first-order valence-corrected chi connectivity index (χ1v) is 10.2. The van der Waals surface area contributed by atoms with E-state index < -0.39 is 27.5 Å². The van der Waals surface area contributed by atoms with Crippen LogP contribution in [0.2, 0.25) is 0 Å². The van der Waals surface area contributed by atoms with Crippen LogP contribution in [0.3, 0.4) is 0 Å². The molecule has 1 fully saturated rings. The van der Waals surface area contributed by atoms with E-state index in [1.807, 2.05) is 20.8 Å². The Morgan fingerprint density at radius 2 is 1.88 bits per heavy atom. The molecule has 2 rings (SSSR count). The van der Waals surface area contributed by atoms with Crippen LogP contribution in [0.5, 0.6) is 0 Å². The Kier molecular flexibility index (Phi) is 6.08. The summed E-state index contributed by atoms with van der Waals surface area (Å²) in [7, 11) is -3.65. The molecule has 1 aliphatic rings. The number of carbonyl (C=O) groups is 2.